The van der Waals surface area contributed by atoms with Crippen molar-refractivity contribution in [1.29, 1.82) is 0 Å². The molecule has 0 saturated heterocycles. The summed E-state index contributed by atoms with van der Waals surface area (Å²) in [6.07, 6.45) is 9.49. The summed E-state index contributed by atoms with van der Waals surface area (Å²) in [6, 6.07) is 0. The molecule has 0 atom stereocenters. The van der Waals surface area contributed by atoms with Gasteiger partial charge in [0.25, 0.3) is 0 Å². The molecule has 0 bridgehead atoms. The Morgan fingerprint density at radius 3 is 2.56 bits per heavy atom. The van der Waals surface area contributed by atoms with Crippen LogP contribution in [-0.2, 0) is 7.05 Å². The van der Waals surface area contributed by atoms with Crippen LogP contribution < -0.4 is 0 Å². The second-order valence-electron chi connectivity index (χ2n) is 5.07. The quantitative estimate of drug-likeness (QED) is 0.852. The van der Waals surface area contributed by atoms with Gasteiger partial charge in [0, 0.05) is 13.0 Å². The van der Waals surface area contributed by atoms with E-state index in [0.29, 0.717) is 5.92 Å². The molecule has 1 heterocycles. The third kappa shape index (κ3) is 2.39. The molecule has 1 N–H and O–H groups in total. The number of hydrogen-bond acceptors (Lipinski definition) is 2. The normalized spacial score (nSPS) is 25.9. The highest BCUT2D eigenvalue weighted by molar-refractivity contribution is 5.11. The summed E-state index contributed by atoms with van der Waals surface area (Å²) in [4.78, 5) is 4.22. The maximum Gasteiger partial charge on any atom is 0.229 e. The predicted molar refractivity (Wildman–Crippen MR) is 64.5 cm³/mol. The number of hydrogen-bond donors (Lipinski definition) is 1. The average molecular weight is 222 g/mol. The fourth-order valence-corrected chi connectivity index (χ4v) is 2.96. The van der Waals surface area contributed by atoms with Gasteiger partial charge in [0.05, 0.1) is 6.20 Å². The second-order valence-corrected chi connectivity index (χ2v) is 5.07. The van der Waals surface area contributed by atoms with E-state index >= 15 is 0 Å². The van der Waals surface area contributed by atoms with Crippen LogP contribution in [0.4, 0.5) is 0 Å². The molecule has 0 unspecified atom stereocenters. The maximum atomic E-state index is 9.37. The molecular weight excluding hydrogens is 200 g/mol. The summed E-state index contributed by atoms with van der Waals surface area (Å²) in [7, 11) is 1.97. The summed E-state index contributed by atoms with van der Waals surface area (Å²) < 4.78 is 1.97. The van der Waals surface area contributed by atoms with Crippen LogP contribution in [0.15, 0.2) is 6.20 Å². The Labute approximate surface area is 97.5 Å². The first-order valence-corrected chi connectivity index (χ1v) is 6.43. The molecule has 0 aromatic carbocycles. The van der Waals surface area contributed by atoms with E-state index in [1.807, 2.05) is 11.6 Å². The van der Waals surface area contributed by atoms with E-state index in [4.69, 9.17) is 0 Å². The van der Waals surface area contributed by atoms with E-state index in [2.05, 4.69) is 11.9 Å². The maximum absolute atomic E-state index is 9.37. The molecule has 3 heteroatoms. The lowest BCUT2D eigenvalue weighted by Crippen LogP contribution is -2.15. The van der Waals surface area contributed by atoms with E-state index < -0.39 is 0 Å². The van der Waals surface area contributed by atoms with Crippen molar-refractivity contribution >= 4 is 0 Å². The van der Waals surface area contributed by atoms with Crippen LogP contribution in [0.3, 0.4) is 0 Å². The molecule has 0 amide bonds. The van der Waals surface area contributed by atoms with Gasteiger partial charge in [-0.2, -0.15) is 4.98 Å². The minimum atomic E-state index is 0.160. The van der Waals surface area contributed by atoms with E-state index in [1.54, 1.807) is 6.20 Å². The van der Waals surface area contributed by atoms with Crippen molar-refractivity contribution in [2.75, 3.05) is 0 Å². The van der Waals surface area contributed by atoms with Gasteiger partial charge in [0.1, 0.15) is 5.82 Å². The molecule has 1 aliphatic carbocycles. The Morgan fingerprint density at radius 2 is 2.06 bits per heavy atom. The van der Waals surface area contributed by atoms with Gasteiger partial charge in [0.15, 0.2) is 0 Å². The summed E-state index contributed by atoms with van der Waals surface area (Å²) >= 11 is 0. The fraction of sp³-hybridized carbons (Fsp3) is 0.769. The van der Waals surface area contributed by atoms with Crippen molar-refractivity contribution < 1.29 is 5.11 Å². The number of aromatic hydroxyl groups is 1. The zero-order chi connectivity index (χ0) is 11.5. The molecule has 16 heavy (non-hydrogen) atoms. The van der Waals surface area contributed by atoms with E-state index in [9.17, 15) is 5.11 Å². The number of aromatic nitrogens is 2. The fourth-order valence-electron chi connectivity index (χ4n) is 2.96. The lowest BCUT2D eigenvalue weighted by Gasteiger charge is -2.27. The van der Waals surface area contributed by atoms with Crippen LogP contribution in [0, 0.1) is 5.92 Å². The standard InChI is InChI=1S/C13H22N2O/c1-3-4-10-5-7-11(8-6-10)13-14-12(16)9-15(13)2/h9-11,16H,3-8H2,1-2H3. The number of nitrogens with zero attached hydrogens (tertiary/aromatic N) is 2. The Morgan fingerprint density at radius 1 is 1.38 bits per heavy atom. The minimum Gasteiger partial charge on any atom is -0.492 e. The molecule has 90 valence electrons. The Bertz CT molecular complexity index is 338. The molecule has 3 nitrogen and oxygen atoms in total. The zero-order valence-corrected chi connectivity index (χ0v) is 10.3. The van der Waals surface area contributed by atoms with Crippen molar-refractivity contribution in [2.24, 2.45) is 13.0 Å². The third-order valence-electron chi connectivity index (χ3n) is 3.81. The SMILES string of the molecule is CCCC1CCC(c2nc(O)cn2C)CC1. The van der Waals surface area contributed by atoms with Crippen LogP contribution in [0.25, 0.3) is 0 Å². The molecule has 1 aromatic heterocycles. The van der Waals surface area contributed by atoms with Gasteiger partial charge in [-0.15, -0.1) is 0 Å². The van der Waals surface area contributed by atoms with Crippen molar-refractivity contribution in [3.05, 3.63) is 12.0 Å². The summed E-state index contributed by atoms with van der Waals surface area (Å²) in [6.45, 7) is 2.27. The van der Waals surface area contributed by atoms with Gasteiger partial charge in [-0.05, 0) is 31.6 Å². The predicted octanol–water partition coefficient (Wildman–Crippen LogP) is 3.20. The van der Waals surface area contributed by atoms with Gasteiger partial charge in [-0.25, -0.2) is 0 Å². The molecule has 1 aliphatic rings. The molecular formula is C13H22N2O. The zero-order valence-electron chi connectivity index (χ0n) is 10.3. The smallest absolute Gasteiger partial charge is 0.229 e. The number of imidazole rings is 1. The summed E-state index contributed by atoms with van der Waals surface area (Å²) in [5, 5.41) is 9.37. The molecule has 1 saturated carbocycles. The van der Waals surface area contributed by atoms with Crippen LogP contribution in [0.1, 0.15) is 57.2 Å². The molecule has 0 radical (unpaired) electrons. The van der Waals surface area contributed by atoms with E-state index in [-0.39, 0.29) is 5.88 Å². The van der Waals surface area contributed by atoms with Crippen LogP contribution in [0.5, 0.6) is 5.88 Å². The number of rotatable bonds is 3. The lowest BCUT2D eigenvalue weighted by molar-refractivity contribution is 0.299. The first kappa shape index (κ1) is 11.5. The number of aryl methyl sites for hydroxylation is 1. The van der Waals surface area contributed by atoms with Gasteiger partial charge in [0.2, 0.25) is 5.88 Å². The third-order valence-corrected chi connectivity index (χ3v) is 3.81. The Balaban J connectivity index is 1.96. The van der Waals surface area contributed by atoms with Crippen molar-refractivity contribution in [2.45, 2.75) is 51.4 Å². The summed E-state index contributed by atoms with van der Waals surface area (Å²) in [5.74, 6) is 2.70. The average Bonchev–Trinajstić information content (AvgIpc) is 2.59. The van der Waals surface area contributed by atoms with Crippen molar-refractivity contribution in [1.82, 2.24) is 9.55 Å². The Hall–Kier alpha value is -0.990. The lowest BCUT2D eigenvalue weighted by atomic mass is 9.80. The highest BCUT2D eigenvalue weighted by Crippen LogP contribution is 2.37. The molecule has 1 fully saturated rings. The van der Waals surface area contributed by atoms with Crippen LogP contribution in [0.2, 0.25) is 0 Å². The highest BCUT2D eigenvalue weighted by atomic mass is 16.3. The highest BCUT2D eigenvalue weighted by Gasteiger charge is 2.24. The summed E-state index contributed by atoms with van der Waals surface area (Å²) in [5.41, 5.74) is 0. The first-order chi connectivity index (χ1) is 7.70. The molecule has 0 spiro atoms. The molecule has 1 aromatic rings. The van der Waals surface area contributed by atoms with Crippen LogP contribution >= 0.6 is 0 Å². The molecule has 2 rings (SSSR count). The second kappa shape index (κ2) is 4.89. The van der Waals surface area contributed by atoms with Crippen LogP contribution in [-0.4, -0.2) is 14.7 Å². The van der Waals surface area contributed by atoms with E-state index in [1.165, 1.54) is 38.5 Å². The van der Waals surface area contributed by atoms with Crippen molar-refractivity contribution in [3.63, 3.8) is 0 Å². The monoisotopic (exact) mass is 222 g/mol. The first-order valence-electron chi connectivity index (χ1n) is 6.43. The van der Waals surface area contributed by atoms with Gasteiger partial charge >= 0.3 is 0 Å². The Kier molecular flexibility index (Phi) is 3.52. The van der Waals surface area contributed by atoms with Crippen molar-refractivity contribution in [3.8, 4) is 5.88 Å². The van der Waals surface area contributed by atoms with Gasteiger partial charge in [-0.3, -0.25) is 0 Å². The largest absolute Gasteiger partial charge is 0.492 e. The molecule has 0 aliphatic heterocycles. The van der Waals surface area contributed by atoms with E-state index in [0.717, 1.165) is 11.7 Å². The topological polar surface area (TPSA) is 38.1 Å². The van der Waals surface area contributed by atoms with Gasteiger partial charge in [-0.1, -0.05) is 19.8 Å². The minimum absolute atomic E-state index is 0.160. The van der Waals surface area contributed by atoms with Gasteiger partial charge < -0.3 is 9.67 Å².